The zero-order valence-corrected chi connectivity index (χ0v) is 14.5. The van der Waals surface area contributed by atoms with E-state index in [1.807, 2.05) is 6.20 Å². The lowest BCUT2D eigenvalue weighted by atomic mass is 10.2. The van der Waals surface area contributed by atoms with Crippen LogP contribution in [-0.2, 0) is 11.3 Å². The number of carbonyl (C=O) groups is 1. The fourth-order valence-electron chi connectivity index (χ4n) is 2.87. The molecule has 1 saturated heterocycles. The molecule has 0 bridgehead atoms. The van der Waals surface area contributed by atoms with Crippen molar-refractivity contribution in [1.29, 1.82) is 0 Å². The van der Waals surface area contributed by atoms with Gasteiger partial charge in [0.2, 0.25) is 11.8 Å². The summed E-state index contributed by atoms with van der Waals surface area (Å²) in [6.07, 6.45) is 2.67. The summed E-state index contributed by atoms with van der Waals surface area (Å²) in [6, 6.07) is 3.42. The molecular weight excluding hydrogens is 326 g/mol. The van der Waals surface area contributed by atoms with Crippen molar-refractivity contribution >= 4 is 5.91 Å². The zero-order chi connectivity index (χ0) is 17.8. The fourth-order valence-corrected chi connectivity index (χ4v) is 2.87. The molecule has 9 nitrogen and oxygen atoms in total. The van der Waals surface area contributed by atoms with Gasteiger partial charge in [-0.15, -0.1) is 5.10 Å². The molecule has 1 atom stereocenters. The summed E-state index contributed by atoms with van der Waals surface area (Å²) >= 11 is 0. The highest BCUT2D eigenvalue weighted by molar-refractivity contribution is 5.96. The lowest BCUT2D eigenvalue weighted by Gasteiger charge is -2.18. The Labute approximate surface area is 145 Å². The number of rotatable bonds is 6. The van der Waals surface area contributed by atoms with Gasteiger partial charge in [0.25, 0.3) is 5.91 Å². The molecule has 1 aliphatic heterocycles. The van der Waals surface area contributed by atoms with E-state index in [1.165, 1.54) is 14.2 Å². The first-order valence-corrected chi connectivity index (χ1v) is 7.94. The van der Waals surface area contributed by atoms with Crippen molar-refractivity contribution in [3.63, 3.8) is 0 Å². The van der Waals surface area contributed by atoms with Gasteiger partial charge < -0.3 is 19.1 Å². The van der Waals surface area contributed by atoms with E-state index in [0.29, 0.717) is 31.1 Å². The van der Waals surface area contributed by atoms with Crippen LogP contribution >= 0.6 is 0 Å². The van der Waals surface area contributed by atoms with E-state index in [-0.39, 0.29) is 17.8 Å². The van der Waals surface area contributed by atoms with Crippen LogP contribution in [0, 0.1) is 0 Å². The van der Waals surface area contributed by atoms with Crippen LogP contribution in [-0.4, -0.2) is 65.2 Å². The number of pyridine rings is 1. The first kappa shape index (κ1) is 17.2. The zero-order valence-electron chi connectivity index (χ0n) is 14.5. The first-order chi connectivity index (χ1) is 12.2. The van der Waals surface area contributed by atoms with Gasteiger partial charge in [0, 0.05) is 26.3 Å². The topological polar surface area (TPSA) is 91.6 Å². The van der Waals surface area contributed by atoms with Gasteiger partial charge >= 0.3 is 0 Å². The first-order valence-electron chi connectivity index (χ1n) is 7.94. The SMILES string of the molecule is COCc1cn(C2CCN(C(=O)c3ccc(OC)nc3OC)C2)nn1. The molecule has 3 heterocycles. The Balaban J connectivity index is 1.72. The van der Waals surface area contributed by atoms with E-state index in [4.69, 9.17) is 14.2 Å². The molecule has 0 N–H and O–H groups in total. The number of likely N-dealkylation sites (tertiary alicyclic amines) is 1. The molecule has 0 aliphatic carbocycles. The minimum Gasteiger partial charge on any atom is -0.481 e. The second kappa shape index (κ2) is 7.47. The maximum absolute atomic E-state index is 12.8. The maximum Gasteiger partial charge on any atom is 0.259 e. The molecule has 2 aromatic heterocycles. The average molecular weight is 347 g/mol. The summed E-state index contributed by atoms with van der Waals surface area (Å²) in [5.41, 5.74) is 1.19. The molecule has 0 spiro atoms. The molecule has 1 amide bonds. The smallest absolute Gasteiger partial charge is 0.259 e. The van der Waals surface area contributed by atoms with Crippen LogP contribution in [0.2, 0.25) is 0 Å². The van der Waals surface area contributed by atoms with Gasteiger partial charge in [-0.1, -0.05) is 5.21 Å². The van der Waals surface area contributed by atoms with Gasteiger partial charge in [-0.25, -0.2) is 4.68 Å². The Morgan fingerprint density at radius 2 is 2.12 bits per heavy atom. The number of aromatic nitrogens is 4. The average Bonchev–Trinajstić information content (AvgIpc) is 3.30. The molecule has 25 heavy (non-hydrogen) atoms. The summed E-state index contributed by atoms with van der Waals surface area (Å²) < 4.78 is 17.2. The highest BCUT2D eigenvalue weighted by atomic mass is 16.5. The minimum absolute atomic E-state index is 0.0965. The van der Waals surface area contributed by atoms with E-state index in [9.17, 15) is 4.79 Å². The molecule has 3 rings (SSSR count). The molecule has 1 aliphatic rings. The van der Waals surface area contributed by atoms with Gasteiger partial charge in [-0.2, -0.15) is 4.98 Å². The molecule has 9 heteroatoms. The number of carbonyl (C=O) groups excluding carboxylic acids is 1. The third-order valence-corrected chi connectivity index (χ3v) is 4.14. The molecule has 134 valence electrons. The predicted molar refractivity (Wildman–Crippen MR) is 87.6 cm³/mol. The summed E-state index contributed by atoms with van der Waals surface area (Å²) in [6.45, 7) is 1.62. The van der Waals surface area contributed by atoms with Crippen molar-refractivity contribution in [2.45, 2.75) is 19.1 Å². The second-order valence-corrected chi connectivity index (χ2v) is 5.73. The standard InChI is InChI=1S/C16H21N5O4/c1-23-10-11-8-21(19-18-11)12-6-7-20(9-12)16(22)13-4-5-14(24-2)17-15(13)25-3/h4-5,8,12H,6-7,9-10H2,1-3H3. The highest BCUT2D eigenvalue weighted by Gasteiger charge is 2.30. The Morgan fingerprint density at radius 1 is 1.28 bits per heavy atom. The van der Waals surface area contributed by atoms with Gasteiger partial charge in [-0.05, 0) is 12.5 Å². The monoisotopic (exact) mass is 347 g/mol. The van der Waals surface area contributed by atoms with Crippen molar-refractivity contribution in [3.05, 3.63) is 29.6 Å². The number of hydrogen-bond acceptors (Lipinski definition) is 7. The summed E-state index contributed by atoms with van der Waals surface area (Å²) in [7, 11) is 4.62. The Bertz CT molecular complexity index is 748. The largest absolute Gasteiger partial charge is 0.481 e. The van der Waals surface area contributed by atoms with E-state index >= 15 is 0 Å². The Kier molecular flexibility index (Phi) is 5.13. The van der Waals surface area contributed by atoms with Gasteiger partial charge in [-0.3, -0.25) is 4.79 Å². The molecule has 1 unspecified atom stereocenters. The van der Waals surface area contributed by atoms with Crippen LogP contribution < -0.4 is 9.47 Å². The molecule has 0 aromatic carbocycles. The van der Waals surface area contributed by atoms with E-state index in [0.717, 1.165) is 12.1 Å². The van der Waals surface area contributed by atoms with E-state index in [1.54, 1.807) is 28.8 Å². The van der Waals surface area contributed by atoms with Gasteiger partial charge in [0.05, 0.1) is 33.1 Å². The minimum atomic E-state index is -0.119. The Morgan fingerprint density at radius 3 is 2.84 bits per heavy atom. The second-order valence-electron chi connectivity index (χ2n) is 5.73. The molecule has 0 radical (unpaired) electrons. The van der Waals surface area contributed by atoms with Crippen molar-refractivity contribution in [3.8, 4) is 11.8 Å². The van der Waals surface area contributed by atoms with Crippen LogP contribution in [0.5, 0.6) is 11.8 Å². The van der Waals surface area contributed by atoms with E-state index in [2.05, 4.69) is 15.3 Å². The predicted octanol–water partition coefficient (Wildman–Crippen LogP) is 0.924. The lowest BCUT2D eigenvalue weighted by molar-refractivity contribution is 0.0782. The van der Waals surface area contributed by atoms with Crippen LogP contribution in [0.1, 0.15) is 28.5 Å². The summed E-state index contributed by atoms with van der Waals surface area (Å²) in [4.78, 5) is 18.8. The third kappa shape index (κ3) is 3.55. The van der Waals surface area contributed by atoms with Crippen LogP contribution in [0.15, 0.2) is 18.3 Å². The number of nitrogens with zero attached hydrogens (tertiary/aromatic N) is 5. The number of ether oxygens (including phenoxy) is 3. The van der Waals surface area contributed by atoms with E-state index < -0.39 is 0 Å². The van der Waals surface area contributed by atoms with Crippen molar-refractivity contribution in [2.75, 3.05) is 34.4 Å². The fraction of sp³-hybridized carbons (Fsp3) is 0.500. The number of amides is 1. The molecular formula is C16H21N5O4. The van der Waals surface area contributed by atoms with Gasteiger partial charge in [0.15, 0.2) is 0 Å². The molecule has 0 saturated carbocycles. The van der Waals surface area contributed by atoms with Gasteiger partial charge in [0.1, 0.15) is 11.3 Å². The Hall–Kier alpha value is -2.68. The van der Waals surface area contributed by atoms with Crippen molar-refractivity contribution in [2.24, 2.45) is 0 Å². The number of hydrogen-bond donors (Lipinski definition) is 0. The number of methoxy groups -OCH3 is 3. The molecule has 1 fully saturated rings. The third-order valence-electron chi connectivity index (χ3n) is 4.14. The maximum atomic E-state index is 12.8. The van der Waals surface area contributed by atoms with Crippen LogP contribution in [0.25, 0.3) is 0 Å². The molecule has 2 aromatic rings. The quantitative estimate of drug-likeness (QED) is 0.767. The summed E-state index contributed by atoms with van der Waals surface area (Å²) in [5.74, 6) is 0.545. The lowest BCUT2D eigenvalue weighted by Crippen LogP contribution is -2.29. The van der Waals surface area contributed by atoms with Crippen molar-refractivity contribution in [1.82, 2.24) is 24.9 Å². The van der Waals surface area contributed by atoms with Crippen molar-refractivity contribution < 1.29 is 19.0 Å². The van der Waals surface area contributed by atoms with Crippen LogP contribution in [0.3, 0.4) is 0 Å². The van der Waals surface area contributed by atoms with Crippen LogP contribution in [0.4, 0.5) is 0 Å². The summed E-state index contributed by atoms with van der Waals surface area (Å²) in [5, 5.41) is 8.20. The normalized spacial score (nSPS) is 16.9. The highest BCUT2D eigenvalue weighted by Crippen LogP contribution is 2.26.